The van der Waals surface area contributed by atoms with E-state index >= 15 is 0 Å². The van der Waals surface area contributed by atoms with E-state index in [0.29, 0.717) is 0 Å². The van der Waals surface area contributed by atoms with Gasteiger partial charge < -0.3 is 18.8 Å². The molecular weight excluding hydrogens is 951 g/mol. The molecule has 0 saturated heterocycles. The van der Waals surface area contributed by atoms with Crippen molar-refractivity contribution >= 4 is 39.0 Å². The van der Waals surface area contributed by atoms with Crippen LogP contribution in [-0.2, 0) is 10.8 Å². The minimum atomic E-state index is -0.625. The van der Waals surface area contributed by atoms with Crippen LogP contribution < -0.4 is 14.4 Å². The van der Waals surface area contributed by atoms with Gasteiger partial charge in [-0.2, -0.15) is 0 Å². The number of furan rings is 1. The van der Waals surface area contributed by atoms with Crippen molar-refractivity contribution < 1.29 is 13.9 Å². The van der Waals surface area contributed by atoms with Crippen LogP contribution in [0.4, 0.5) is 17.1 Å². The lowest BCUT2D eigenvalue weighted by atomic mass is 9.66. The summed E-state index contributed by atoms with van der Waals surface area (Å²) in [6, 6.07) is 99.2. The van der Waals surface area contributed by atoms with Crippen molar-refractivity contribution in [2.45, 2.75) is 10.8 Å². The van der Waals surface area contributed by atoms with E-state index in [2.05, 4.69) is 266 Å². The number of hydrogen-bond acceptors (Lipinski definition) is 4. The second-order valence-electron chi connectivity index (χ2n) is 21.0. The summed E-state index contributed by atoms with van der Waals surface area (Å²) in [6.45, 7) is 0. The molecule has 0 unspecified atom stereocenters. The van der Waals surface area contributed by atoms with Gasteiger partial charge in [0.2, 0.25) is 0 Å². The lowest BCUT2D eigenvalue weighted by molar-refractivity contribution is 0.436. The number of nitrogens with zero attached hydrogens (tertiary/aromatic N) is 1. The van der Waals surface area contributed by atoms with Gasteiger partial charge >= 0.3 is 0 Å². The minimum Gasteiger partial charge on any atom is -0.457 e. The molecule has 78 heavy (non-hydrogen) atoms. The van der Waals surface area contributed by atoms with Gasteiger partial charge in [-0.05, 0) is 134 Å². The van der Waals surface area contributed by atoms with Gasteiger partial charge in [0.1, 0.15) is 34.2 Å². The van der Waals surface area contributed by atoms with E-state index in [1.54, 1.807) is 0 Å². The summed E-state index contributed by atoms with van der Waals surface area (Å²) in [4.78, 5) is 2.43. The quantitative estimate of drug-likeness (QED) is 0.172. The summed E-state index contributed by atoms with van der Waals surface area (Å²) in [7, 11) is 0. The molecule has 4 nitrogen and oxygen atoms in total. The Morgan fingerprint density at radius 2 is 0.705 bits per heavy atom. The SMILES string of the molecule is c1cc(-c2ccc3c(c2)-c2ccccc2C32c3ccccc3Oc3ccccc32)cc(N(c2ccc(-c3cccc4c3oc3ccccc34)cc2)c2ccc3c(c2)C2(c4ccccc4Oc4ccccc42)c2ccccc2-3)c1. The number of ether oxygens (including phenoxy) is 2. The molecule has 12 aromatic carbocycles. The van der Waals surface area contributed by atoms with Crippen molar-refractivity contribution in [3.05, 3.63) is 317 Å². The zero-order valence-corrected chi connectivity index (χ0v) is 42.2. The number of anilines is 3. The molecule has 364 valence electrons. The molecule has 2 aliphatic heterocycles. The summed E-state index contributed by atoms with van der Waals surface area (Å²) < 4.78 is 20.0. The van der Waals surface area contributed by atoms with Crippen LogP contribution in [0, 0.1) is 0 Å². The smallest absolute Gasteiger partial charge is 0.143 e. The first kappa shape index (κ1) is 43.1. The minimum absolute atomic E-state index is 0.535. The van der Waals surface area contributed by atoms with Gasteiger partial charge in [-0.15, -0.1) is 0 Å². The first-order valence-electron chi connectivity index (χ1n) is 26.8. The molecule has 4 aliphatic rings. The fourth-order valence-electron chi connectivity index (χ4n) is 14.1. The maximum absolute atomic E-state index is 6.75. The van der Waals surface area contributed by atoms with Crippen molar-refractivity contribution in [1.82, 2.24) is 0 Å². The van der Waals surface area contributed by atoms with Crippen molar-refractivity contribution in [1.29, 1.82) is 0 Å². The average molecular weight is 996 g/mol. The monoisotopic (exact) mass is 995 g/mol. The molecule has 0 saturated carbocycles. The molecule has 3 heterocycles. The van der Waals surface area contributed by atoms with Crippen LogP contribution in [0.5, 0.6) is 23.0 Å². The molecule has 0 radical (unpaired) electrons. The normalized spacial score (nSPS) is 14.1. The number of rotatable bonds is 5. The Kier molecular flexibility index (Phi) is 8.94. The summed E-state index contributed by atoms with van der Waals surface area (Å²) in [6.07, 6.45) is 0. The topological polar surface area (TPSA) is 34.8 Å². The molecule has 0 N–H and O–H groups in total. The van der Waals surface area contributed by atoms with Crippen LogP contribution >= 0.6 is 0 Å². The Hall–Kier alpha value is -10.2. The Balaban J connectivity index is 0.857. The van der Waals surface area contributed by atoms with Gasteiger partial charge in [-0.3, -0.25) is 0 Å². The number of benzene rings is 12. The summed E-state index contributed by atoms with van der Waals surface area (Å²) >= 11 is 0. The van der Waals surface area contributed by atoms with Crippen molar-refractivity contribution in [3.8, 4) is 67.5 Å². The van der Waals surface area contributed by atoms with E-state index < -0.39 is 10.8 Å². The first-order valence-corrected chi connectivity index (χ1v) is 26.8. The molecule has 4 heteroatoms. The van der Waals surface area contributed by atoms with Crippen LogP contribution in [0.2, 0.25) is 0 Å². The third-order valence-electron chi connectivity index (χ3n) is 17.2. The van der Waals surface area contributed by atoms with Crippen LogP contribution in [0.1, 0.15) is 44.5 Å². The highest BCUT2D eigenvalue weighted by Crippen LogP contribution is 2.64. The maximum Gasteiger partial charge on any atom is 0.143 e. The van der Waals surface area contributed by atoms with E-state index in [0.717, 1.165) is 107 Å². The second kappa shape index (κ2) is 16.2. The van der Waals surface area contributed by atoms with Gasteiger partial charge in [0.25, 0.3) is 0 Å². The second-order valence-corrected chi connectivity index (χ2v) is 21.0. The Labute approximate surface area is 451 Å². The fourth-order valence-corrected chi connectivity index (χ4v) is 14.1. The average Bonchev–Trinajstić information content (AvgIpc) is 4.26. The summed E-state index contributed by atoms with van der Waals surface area (Å²) in [5, 5.41) is 2.23. The van der Waals surface area contributed by atoms with Gasteiger partial charge in [0.15, 0.2) is 0 Å². The lowest BCUT2D eigenvalue weighted by Crippen LogP contribution is -2.32. The van der Waals surface area contributed by atoms with E-state index in [9.17, 15) is 0 Å². The van der Waals surface area contributed by atoms with E-state index in [1.165, 1.54) is 44.5 Å². The van der Waals surface area contributed by atoms with Crippen LogP contribution in [0.3, 0.4) is 0 Å². The van der Waals surface area contributed by atoms with Gasteiger partial charge in [0, 0.05) is 55.7 Å². The predicted octanol–water partition coefficient (Wildman–Crippen LogP) is 19.3. The van der Waals surface area contributed by atoms with E-state index in [4.69, 9.17) is 13.9 Å². The number of para-hydroxylation sites is 6. The van der Waals surface area contributed by atoms with Crippen LogP contribution in [0.15, 0.2) is 277 Å². The largest absolute Gasteiger partial charge is 0.457 e. The number of fused-ring (bicyclic) bond motifs is 21. The molecular formula is C74H45NO3. The molecule has 2 spiro atoms. The maximum atomic E-state index is 6.75. The Morgan fingerprint density at radius 1 is 0.256 bits per heavy atom. The van der Waals surface area contributed by atoms with Crippen molar-refractivity contribution in [2.24, 2.45) is 0 Å². The molecule has 0 atom stereocenters. The highest BCUT2D eigenvalue weighted by atomic mass is 16.5. The van der Waals surface area contributed by atoms with E-state index in [-0.39, 0.29) is 0 Å². The summed E-state index contributed by atoms with van der Waals surface area (Å²) in [5.41, 5.74) is 22.7. The molecule has 0 bridgehead atoms. The standard InChI is InChI=1S/C74H45NO3/c1-4-24-59-53(19-1)55-41-40-51(45-66(55)74(59)64-28-8-13-33-70(64)77-71-34-14-9-29-65(71)74)75(49-38-35-46(36-39-49)52-22-16-23-57-56-21-3-10-30-67(56)78-72(52)57)50-18-15-17-47(43-50)48-37-42-61-58(44-48)54-20-2-5-25-60(54)73(61)62-26-6-11-31-68(62)76-69-32-12-7-27-63(69)73/h1-45H. The molecule has 0 fully saturated rings. The predicted molar refractivity (Wildman–Crippen MR) is 314 cm³/mol. The molecule has 0 amide bonds. The van der Waals surface area contributed by atoms with Crippen molar-refractivity contribution in [3.63, 3.8) is 0 Å². The lowest BCUT2D eigenvalue weighted by Gasteiger charge is -2.39. The fraction of sp³-hybridized carbons (Fsp3) is 0.0270. The zero-order chi connectivity index (χ0) is 51.1. The van der Waals surface area contributed by atoms with Gasteiger partial charge in [-0.1, -0.05) is 200 Å². The summed E-state index contributed by atoms with van der Waals surface area (Å²) in [5.74, 6) is 3.53. The van der Waals surface area contributed by atoms with E-state index in [1.807, 2.05) is 12.1 Å². The zero-order valence-electron chi connectivity index (χ0n) is 42.2. The molecule has 2 aliphatic carbocycles. The van der Waals surface area contributed by atoms with Crippen LogP contribution in [-0.4, -0.2) is 0 Å². The molecule has 17 rings (SSSR count). The third-order valence-corrected chi connectivity index (χ3v) is 17.2. The highest BCUT2D eigenvalue weighted by molar-refractivity contribution is 6.09. The first-order chi connectivity index (χ1) is 38.7. The Morgan fingerprint density at radius 3 is 1.36 bits per heavy atom. The van der Waals surface area contributed by atoms with Gasteiger partial charge in [0.05, 0.1) is 10.8 Å². The van der Waals surface area contributed by atoms with Gasteiger partial charge in [-0.25, -0.2) is 0 Å². The third kappa shape index (κ3) is 5.78. The van der Waals surface area contributed by atoms with Crippen molar-refractivity contribution in [2.75, 3.05) is 4.90 Å². The highest BCUT2D eigenvalue weighted by Gasteiger charge is 2.52. The number of hydrogen-bond donors (Lipinski definition) is 0. The molecule has 13 aromatic rings. The van der Waals surface area contributed by atoms with Crippen LogP contribution in [0.25, 0.3) is 66.4 Å². The Bertz CT molecular complexity index is 4570. The molecule has 1 aromatic heterocycles.